The standard InChI is InChI=1S/C15H18N2S/c1-9-4-11(3)13(5-10(9)2)15-17-14(8-18-15)12-6-16-7-12/h4-5,8,12,16H,6-7H2,1-3H3. The molecule has 3 heteroatoms. The summed E-state index contributed by atoms with van der Waals surface area (Å²) in [6, 6.07) is 4.53. The number of aromatic nitrogens is 1. The van der Waals surface area contributed by atoms with E-state index in [0.717, 1.165) is 18.1 Å². The lowest BCUT2D eigenvalue weighted by Crippen LogP contribution is -2.40. The first-order valence-electron chi connectivity index (χ1n) is 6.39. The van der Waals surface area contributed by atoms with Gasteiger partial charge in [-0.3, -0.25) is 0 Å². The molecule has 0 unspecified atom stereocenters. The maximum Gasteiger partial charge on any atom is 0.123 e. The van der Waals surface area contributed by atoms with E-state index >= 15 is 0 Å². The summed E-state index contributed by atoms with van der Waals surface area (Å²) in [6.45, 7) is 8.67. The van der Waals surface area contributed by atoms with Crippen molar-refractivity contribution in [3.05, 3.63) is 39.9 Å². The molecule has 94 valence electrons. The van der Waals surface area contributed by atoms with Crippen LogP contribution >= 0.6 is 11.3 Å². The van der Waals surface area contributed by atoms with Gasteiger partial charge in [0.05, 0.1) is 5.69 Å². The SMILES string of the molecule is Cc1cc(C)c(-c2nc(C3CNC3)cs2)cc1C. The van der Waals surface area contributed by atoms with Crippen molar-refractivity contribution in [2.75, 3.05) is 13.1 Å². The third-order valence-electron chi connectivity index (χ3n) is 3.79. The number of rotatable bonds is 2. The molecule has 1 fully saturated rings. The first-order chi connectivity index (χ1) is 8.65. The predicted octanol–water partition coefficient (Wildman–Crippen LogP) is 3.42. The zero-order valence-electron chi connectivity index (χ0n) is 11.1. The summed E-state index contributed by atoms with van der Waals surface area (Å²) >= 11 is 1.77. The normalized spacial score (nSPS) is 15.7. The highest BCUT2D eigenvalue weighted by Gasteiger charge is 2.22. The zero-order chi connectivity index (χ0) is 12.7. The summed E-state index contributed by atoms with van der Waals surface area (Å²) in [5.41, 5.74) is 6.58. The van der Waals surface area contributed by atoms with Gasteiger partial charge in [0.1, 0.15) is 5.01 Å². The summed E-state index contributed by atoms with van der Waals surface area (Å²) in [7, 11) is 0. The van der Waals surface area contributed by atoms with E-state index in [0.29, 0.717) is 5.92 Å². The Kier molecular flexibility index (Phi) is 2.96. The second kappa shape index (κ2) is 4.48. The molecule has 0 aliphatic carbocycles. The van der Waals surface area contributed by atoms with Crippen molar-refractivity contribution >= 4 is 11.3 Å². The van der Waals surface area contributed by atoms with Crippen LogP contribution in [0.15, 0.2) is 17.5 Å². The van der Waals surface area contributed by atoms with Crippen LogP contribution in [0.1, 0.15) is 28.3 Å². The number of thiazole rings is 1. The zero-order valence-corrected chi connectivity index (χ0v) is 11.9. The monoisotopic (exact) mass is 258 g/mol. The Balaban J connectivity index is 1.98. The van der Waals surface area contributed by atoms with E-state index in [-0.39, 0.29) is 0 Å². The molecule has 2 aromatic rings. The van der Waals surface area contributed by atoms with Gasteiger partial charge in [0.15, 0.2) is 0 Å². The molecule has 0 spiro atoms. The number of nitrogens with one attached hydrogen (secondary N) is 1. The second-order valence-corrected chi connectivity index (χ2v) is 6.04. The first-order valence-corrected chi connectivity index (χ1v) is 7.27. The van der Waals surface area contributed by atoms with Crippen LogP contribution in [0.4, 0.5) is 0 Å². The Morgan fingerprint density at radius 2 is 1.83 bits per heavy atom. The van der Waals surface area contributed by atoms with Crippen LogP contribution in [0.25, 0.3) is 10.6 Å². The molecule has 0 amide bonds. The fourth-order valence-electron chi connectivity index (χ4n) is 2.29. The Morgan fingerprint density at radius 3 is 2.50 bits per heavy atom. The molecule has 0 radical (unpaired) electrons. The lowest BCUT2D eigenvalue weighted by Gasteiger charge is -2.25. The Bertz CT molecular complexity index is 582. The summed E-state index contributed by atoms with van der Waals surface area (Å²) in [5.74, 6) is 0.627. The third kappa shape index (κ3) is 1.98. The molecular formula is C15H18N2S. The molecule has 18 heavy (non-hydrogen) atoms. The van der Waals surface area contributed by atoms with Crippen molar-refractivity contribution in [3.8, 4) is 10.6 Å². The van der Waals surface area contributed by atoms with Gasteiger partial charge in [0, 0.05) is 30.0 Å². The van der Waals surface area contributed by atoms with Gasteiger partial charge in [0.2, 0.25) is 0 Å². The number of aryl methyl sites for hydroxylation is 3. The minimum atomic E-state index is 0.627. The fourth-order valence-corrected chi connectivity index (χ4v) is 3.27. The van der Waals surface area contributed by atoms with Crippen LogP contribution < -0.4 is 5.32 Å². The molecule has 1 aromatic carbocycles. The average molecular weight is 258 g/mol. The van der Waals surface area contributed by atoms with Crippen molar-refractivity contribution in [1.82, 2.24) is 10.3 Å². The van der Waals surface area contributed by atoms with Gasteiger partial charge in [-0.05, 0) is 43.5 Å². The van der Waals surface area contributed by atoms with Crippen LogP contribution in [-0.2, 0) is 0 Å². The minimum Gasteiger partial charge on any atom is -0.315 e. The van der Waals surface area contributed by atoms with Crippen molar-refractivity contribution in [1.29, 1.82) is 0 Å². The van der Waals surface area contributed by atoms with Gasteiger partial charge in [-0.1, -0.05) is 6.07 Å². The maximum absolute atomic E-state index is 4.81. The molecule has 0 bridgehead atoms. The molecule has 2 heterocycles. The maximum atomic E-state index is 4.81. The number of nitrogens with zero attached hydrogens (tertiary/aromatic N) is 1. The summed E-state index contributed by atoms with van der Waals surface area (Å²) in [5, 5.41) is 6.68. The molecule has 1 aliphatic heterocycles. The summed E-state index contributed by atoms with van der Waals surface area (Å²) < 4.78 is 0. The van der Waals surface area contributed by atoms with E-state index in [1.54, 1.807) is 11.3 Å². The lowest BCUT2D eigenvalue weighted by molar-refractivity contribution is 0.441. The van der Waals surface area contributed by atoms with E-state index in [1.165, 1.54) is 27.9 Å². The number of hydrogen-bond acceptors (Lipinski definition) is 3. The van der Waals surface area contributed by atoms with Gasteiger partial charge >= 0.3 is 0 Å². The molecule has 2 nitrogen and oxygen atoms in total. The molecule has 1 N–H and O–H groups in total. The van der Waals surface area contributed by atoms with Gasteiger partial charge in [0.25, 0.3) is 0 Å². The highest BCUT2D eigenvalue weighted by Crippen LogP contribution is 2.31. The predicted molar refractivity (Wildman–Crippen MR) is 77.4 cm³/mol. The van der Waals surface area contributed by atoms with Gasteiger partial charge < -0.3 is 5.32 Å². The third-order valence-corrected chi connectivity index (χ3v) is 4.69. The van der Waals surface area contributed by atoms with Crippen LogP contribution in [0.3, 0.4) is 0 Å². The number of benzene rings is 1. The van der Waals surface area contributed by atoms with Crippen molar-refractivity contribution in [2.24, 2.45) is 0 Å². The van der Waals surface area contributed by atoms with E-state index in [2.05, 4.69) is 43.6 Å². The topological polar surface area (TPSA) is 24.9 Å². The Hall–Kier alpha value is -1.19. The quantitative estimate of drug-likeness (QED) is 0.892. The lowest BCUT2D eigenvalue weighted by atomic mass is 10.00. The largest absolute Gasteiger partial charge is 0.315 e. The van der Waals surface area contributed by atoms with E-state index in [4.69, 9.17) is 4.98 Å². The highest BCUT2D eigenvalue weighted by molar-refractivity contribution is 7.13. The fraction of sp³-hybridized carbons (Fsp3) is 0.400. The molecule has 0 saturated carbocycles. The Labute approximate surface area is 112 Å². The molecule has 1 aromatic heterocycles. The van der Waals surface area contributed by atoms with E-state index in [1.807, 2.05) is 0 Å². The molecule has 0 atom stereocenters. The van der Waals surface area contributed by atoms with E-state index < -0.39 is 0 Å². The average Bonchev–Trinajstić information content (AvgIpc) is 2.70. The molecule has 1 aliphatic rings. The van der Waals surface area contributed by atoms with Crippen LogP contribution in [0.5, 0.6) is 0 Å². The minimum absolute atomic E-state index is 0.627. The Morgan fingerprint density at radius 1 is 1.11 bits per heavy atom. The highest BCUT2D eigenvalue weighted by atomic mass is 32.1. The molecular weight excluding hydrogens is 240 g/mol. The van der Waals surface area contributed by atoms with Crippen molar-refractivity contribution in [2.45, 2.75) is 26.7 Å². The van der Waals surface area contributed by atoms with Crippen LogP contribution in [0, 0.1) is 20.8 Å². The summed E-state index contributed by atoms with van der Waals surface area (Å²) in [4.78, 5) is 4.81. The molecule has 1 saturated heterocycles. The van der Waals surface area contributed by atoms with Crippen molar-refractivity contribution in [3.63, 3.8) is 0 Å². The first kappa shape index (κ1) is 11.9. The van der Waals surface area contributed by atoms with Gasteiger partial charge in [-0.2, -0.15) is 0 Å². The van der Waals surface area contributed by atoms with Crippen molar-refractivity contribution < 1.29 is 0 Å². The van der Waals surface area contributed by atoms with Gasteiger partial charge in [-0.15, -0.1) is 11.3 Å². The van der Waals surface area contributed by atoms with Crippen LogP contribution in [0.2, 0.25) is 0 Å². The summed E-state index contributed by atoms with van der Waals surface area (Å²) in [6.07, 6.45) is 0. The number of hydrogen-bond donors (Lipinski definition) is 1. The van der Waals surface area contributed by atoms with Gasteiger partial charge in [-0.25, -0.2) is 4.98 Å². The smallest absolute Gasteiger partial charge is 0.123 e. The van der Waals surface area contributed by atoms with E-state index in [9.17, 15) is 0 Å². The van der Waals surface area contributed by atoms with Crippen LogP contribution in [-0.4, -0.2) is 18.1 Å². The second-order valence-electron chi connectivity index (χ2n) is 5.18. The molecule has 3 rings (SSSR count).